The molecule has 114 valence electrons. The lowest BCUT2D eigenvalue weighted by Crippen LogP contribution is -2.26. The molecule has 0 fully saturated rings. The zero-order valence-electron chi connectivity index (χ0n) is 13.0. The molecule has 0 aliphatic carbocycles. The van der Waals surface area contributed by atoms with Crippen LogP contribution in [0, 0.1) is 0 Å². The van der Waals surface area contributed by atoms with Crippen molar-refractivity contribution in [2.24, 2.45) is 7.05 Å². The van der Waals surface area contributed by atoms with Crippen LogP contribution in [0.15, 0.2) is 30.3 Å². The number of nitrogens with zero attached hydrogens (tertiary/aromatic N) is 4. The highest BCUT2D eigenvalue weighted by Crippen LogP contribution is 2.18. The molecule has 2 aromatic rings. The van der Waals surface area contributed by atoms with Gasteiger partial charge in [-0.05, 0) is 18.6 Å². The van der Waals surface area contributed by atoms with Gasteiger partial charge in [0.15, 0.2) is 5.82 Å². The summed E-state index contributed by atoms with van der Waals surface area (Å²) in [6, 6.07) is 10.2. The predicted octanol–water partition coefficient (Wildman–Crippen LogP) is 2.33. The summed E-state index contributed by atoms with van der Waals surface area (Å²) < 4.78 is 2.07. The number of para-hydroxylation sites is 1. The summed E-state index contributed by atoms with van der Waals surface area (Å²) in [6.45, 7) is 5.92. The Kier molecular flexibility index (Phi) is 5.33. The molecule has 1 N–H and O–H groups in total. The minimum Gasteiger partial charge on any atom is -0.396 e. The molecule has 1 aromatic heterocycles. The number of benzene rings is 1. The lowest BCUT2D eigenvalue weighted by atomic mass is 10.2. The maximum absolute atomic E-state index is 9.10. The Labute approximate surface area is 126 Å². The van der Waals surface area contributed by atoms with E-state index < -0.39 is 0 Å². The van der Waals surface area contributed by atoms with Gasteiger partial charge in [-0.3, -0.25) is 0 Å². The summed E-state index contributed by atoms with van der Waals surface area (Å²) in [7, 11) is 2.01. The molecule has 0 saturated carbocycles. The Morgan fingerprint density at radius 1 is 1.19 bits per heavy atom. The van der Waals surface area contributed by atoms with Gasteiger partial charge in [-0.25, -0.2) is 0 Å². The van der Waals surface area contributed by atoms with Crippen molar-refractivity contribution in [1.29, 1.82) is 0 Å². The zero-order chi connectivity index (χ0) is 15.2. The van der Waals surface area contributed by atoms with Gasteiger partial charge in [0.1, 0.15) is 5.82 Å². The molecule has 0 unspecified atom stereocenters. The van der Waals surface area contributed by atoms with Gasteiger partial charge in [0.05, 0.1) is 6.54 Å². The molecule has 0 atom stereocenters. The monoisotopic (exact) mass is 288 g/mol. The average Bonchev–Trinajstić information content (AvgIpc) is 2.85. The van der Waals surface area contributed by atoms with Gasteiger partial charge in [0.25, 0.3) is 0 Å². The first kappa shape index (κ1) is 15.5. The Hall–Kier alpha value is -1.88. The molecule has 0 radical (unpaired) electrons. The van der Waals surface area contributed by atoms with Gasteiger partial charge in [-0.1, -0.05) is 32.0 Å². The van der Waals surface area contributed by atoms with Crippen molar-refractivity contribution >= 4 is 5.69 Å². The van der Waals surface area contributed by atoms with Crippen molar-refractivity contribution < 1.29 is 5.11 Å². The van der Waals surface area contributed by atoms with Crippen LogP contribution in [0.1, 0.15) is 37.8 Å². The fourth-order valence-electron chi connectivity index (χ4n) is 2.39. The average molecular weight is 288 g/mol. The highest BCUT2D eigenvalue weighted by molar-refractivity contribution is 5.45. The molecule has 0 aliphatic rings. The first-order chi connectivity index (χ1) is 10.1. The summed E-state index contributed by atoms with van der Waals surface area (Å²) in [5.74, 6) is 2.31. The maximum atomic E-state index is 9.10. The van der Waals surface area contributed by atoms with Crippen LogP contribution in [0.25, 0.3) is 0 Å². The van der Waals surface area contributed by atoms with Gasteiger partial charge < -0.3 is 14.6 Å². The SMILES string of the molecule is CC(C)c1nnc(CN(CCCO)c2ccccc2)n1C. The van der Waals surface area contributed by atoms with Crippen LogP contribution in [0.5, 0.6) is 0 Å². The summed E-state index contributed by atoms with van der Waals surface area (Å²) in [6.07, 6.45) is 0.740. The molecule has 2 rings (SSSR count). The fourth-order valence-corrected chi connectivity index (χ4v) is 2.39. The number of hydrogen-bond acceptors (Lipinski definition) is 4. The first-order valence-corrected chi connectivity index (χ1v) is 7.42. The molecular formula is C16H24N4O. The Balaban J connectivity index is 2.19. The van der Waals surface area contributed by atoms with Crippen LogP contribution >= 0.6 is 0 Å². The number of rotatable bonds is 7. The predicted molar refractivity (Wildman–Crippen MR) is 84.3 cm³/mol. The van der Waals surface area contributed by atoms with E-state index in [9.17, 15) is 0 Å². The van der Waals surface area contributed by atoms with E-state index in [1.807, 2.05) is 25.2 Å². The van der Waals surface area contributed by atoms with Crippen LogP contribution in [-0.4, -0.2) is 33.0 Å². The second-order valence-electron chi connectivity index (χ2n) is 5.52. The lowest BCUT2D eigenvalue weighted by molar-refractivity contribution is 0.289. The third kappa shape index (κ3) is 3.82. The van der Waals surface area contributed by atoms with Crippen molar-refractivity contribution in [1.82, 2.24) is 14.8 Å². The number of hydrogen-bond donors (Lipinski definition) is 1. The topological polar surface area (TPSA) is 54.2 Å². The summed E-state index contributed by atoms with van der Waals surface area (Å²) in [5, 5.41) is 17.7. The molecule has 5 heteroatoms. The van der Waals surface area contributed by atoms with Crippen LogP contribution < -0.4 is 4.90 Å². The van der Waals surface area contributed by atoms with Crippen molar-refractivity contribution in [3.63, 3.8) is 0 Å². The Morgan fingerprint density at radius 2 is 1.90 bits per heavy atom. The van der Waals surface area contributed by atoms with E-state index >= 15 is 0 Å². The van der Waals surface area contributed by atoms with Crippen molar-refractivity contribution in [3.8, 4) is 0 Å². The molecule has 0 aliphatic heterocycles. The molecular weight excluding hydrogens is 264 g/mol. The molecule has 0 amide bonds. The lowest BCUT2D eigenvalue weighted by Gasteiger charge is -2.24. The number of anilines is 1. The molecule has 0 saturated heterocycles. The fraction of sp³-hybridized carbons (Fsp3) is 0.500. The minimum atomic E-state index is 0.194. The number of aliphatic hydroxyl groups excluding tert-OH is 1. The third-order valence-corrected chi connectivity index (χ3v) is 3.55. The van der Waals surface area contributed by atoms with E-state index in [-0.39, 0.29) is 6.61 Å². The molecule has 5 nitrogen and oxygen atoms in total. The number of aliphatic hydroxyl groups is 1. The Bertz CT molecular complexity index is 551. The normalized spacial score (nSPS) is 11.1. The standard InChI is InChI=1S/C16H24N4O/c1-13(2)16-18-17-15(19(16)3)12-20(10-7-11-21)14-8-5-4-6-9-14/h4-6,8-9,13,21H,7,10-12H2,1-3H3. The van der Waals surface area contributed by atoms with E-state index in [1.165, 1.54) is 0 Å². The van der Waals surface area contributed by atoms with E-state index in [0.29, 0.717) is 12.5 Å². The van der Waals surface area contributed by atoms with Gasteiger partial charge in [-0.2, -0.15) is 0 Å². The van der Waals surface area contributed by atoms with Crippen molar-refractivity contribution in [2.75, 3.05) is 18.1 Å². The molecule has 0 bridgehead atoms. The summed E-state index contributed by atoms with van der Waals surface area (Å²) in [4.78, 5) is 2.23. The highest BCUT2D eigenvalue weighted by atomic mass is 16.3. The van der Waals surface area contributed by atoms with Crippen LogP contribution in [0.3, 0.4) is 0 Å². The van der Waals surface area contributed by atoms with Gasteiger partial charge >= 0.3 is 0 Å². The van der Waals surface area contributed by atoms with Crippen molar-refractivity contribution in [3.05, 3.63) is 42.0 Å². The molecule has 21 heavy (non-hydrogen) atoms. The van der Waals surface area contributed by atoms with Gasteiger partial charge in [0, 0.05) is 31.8 Å². The first-order valence-electron chi connectivity index (χ1n) is 7.42. The third-order valence-electron chi connectivity index (χ3n) is 3.55. The zero-order valence-corrected chi connectivity index (χ0v) is 13.0. The van der Waals surface area contributed by atoms with Crippen LogP contribution in [0.2, 0.25) is 0 Å². The van der Waals surface area contributed by atoms with Crippen LogP contribution in [0.4, 0.5) is 5.69 Å². The smallest absolute Gasteiger partial charge is 0.152 e. The Morgan fingerprint density at radius 3 is 2.48 bits per heavy atom. The maximum Gasteiger partial charge on any atom is 0.152 e. The highest BCUT2D eigenvalue weighted by Gasteiger charge is 2.15. The van der Waals surface area contributed by atoms with Crippen molar-refractivity contribution in [2.45, 2.75) is 32.7 Å². The molecule has 0 spiro atoms. The summed E-state index contributed by atoms with van der Waals surface area (Å²) in [5.41, 5.74) is 1.14. The summed E-state index contributed by atoms with van der Waals surface area (Å²) >= 11 is 0. The molecule has 1 heterocycles. The van der Waals surface area contributed by atoms with E-state index in [2.05, 4.69) is 45.6 Å². The number of aromatic nitrogens is 3. The van der Waals surface area contributed by atoms with E-state index in [1.54, 1.807) is 0 Å². The second kappa shape index (κ2) is 7.22. The largest absolute Gasteiger partial charge is 0.396 e. The quantitative estimate of drug-likeness (QED) is 0.849. The van der Waals surface area contributed by atoms with E-state index in [0.717, 1.165) is 30.3 Å². The van der Waals surface area contributed by atoms with Gasteiger partial charge in [0.2, 0.25) is 0 Å². The minimum absolute atomic E-state index is 0.194. The van der Waals surface area contributed by atoms with Crippen LogP contribution in [-0.2, 0) is 13.6 Å². The van der Waals surface area contributed by atoms with E-state index in [4.69, 9.17) is 5.11 Å². The molecule has 1 aromatic carbocycles. The second-order valence-corrected chi connectivity index (χ2v) is 5.52. The van der Waals surface area contributed by atoms with Gasteiger partial charge in [-0.15, -0.1) is 10.2 Å².